The first kappa shape index (κ1) is 26.9. The predicted octanol–water partition coefficient (Wildman–Crippen LogP) is 5.40. The first-order chi connectivity index (χ1) is 18.6. The van der Waals surface area contributed by atoms with Crippen LogP contribution < -0.4 is 37.1 Å². The Bertz CT molecular complexity index is 1590. The van der Waals surface area contributed by atoms with Crippen molar-refractivity contribution in [3.05, 3.63) is 68.8 Å². The van der Waals surface area contributed by atoms with E-state index in [1.165, 1.54) is 16.7 Å². The minimum Gasteiger partial charge on any atom is -0.504 e. The standard InChI is InChI=1S/C32H40N4O4/c1-14-15(2)25(29(35)36)27-26(24(14)28(33)34)39-22-10-17-19(11-23(22)40-27)32(13-31(17,5)6)12-30(3,4)16-9-21(38-7)20(37)8-18(16)32/h8-11,28-29,37H,12-13,33-36H2,1-7H3. The van der Waals surface area contributed by atoms with Gasteiger partial charge in [-0.05, 0) is 95.2 Å². The molecule has 2 aliphatic carbocycles. The Labute approximate surface area is 235 Å². The normalized spacial score (nSPS) is 21.1. The van der Waals surface area contributed by atoms with Crippen LogP contribution in [0.1, 0.15) is 97.4 Å². The summed E-state index contributed by atoms with van der Waals surface area (Å²) in [4.78, 5) is 0. The lowest BCUT2D eigenvalue weighted by Gasteiger charge is -2.32. The number of phenols is 1. The number of hydrogen-bond donors (Lipinski definition) is 5. The van der Waals surface area contributed by atoms with Gasteiger partial charge in [-0.3, -0.25) is 0 Å². The minimum absolute atomic E-state index is 0.131. The molecule has 212 valence electrons. The van der Waals surface area contributed by atoms with Gasteiger partial charge in [0.05, 0.1) is 19.4 Å². The van der Waals surface area contributed by atoms with Gasteiger partial charge in [-0.15, -0.1) is 0 Å². The summed E-state index contributed by atoms with van der Waals surface area (Å²) in [6.07, 6.45) is 0.221. The summed E-state index contributed by atoms with van der Waals surface area (Å²) in [5.41, 5.74) is 32.1. The zero-order valence-electron chi connectivity index (χ0n) is 24.4. The molecule has 8 nitrogen and oxygen atoms in total. The third-order valence-corrected chi connectivity index (χ3v) is 9.54. The largest absolute Gasteiger partial charge is 0.504 e. The molecular weight excluding hydrogens is 504 g/mol. The highest BCUT2D eigenvalue weighted by Gasteiger charge is 2.57. The summed E-state index contributed by atoms with van der Waals surface area (Å²) in [6.45, 7) is 12.9. The molecule has 1 unspecified atom stereocenters. The van der Waals surface area contributed by atoms with Crippen LogP contribution in [0.3, 0.4) is 0 Å². The monoisotopic (exact) mass is 544 g/mol. The Hall–Kier alpha value is -3.30. The van der Waals surface area contributed by atoms with Crippen molar-refractivity contribution in [2.45, 2.75) is 83.0 Å². The van der Waals surface area contributed by atoms with E-state index in [4.69, 9.17) is 37.1 Å². The van der Waals surface area contributed by atoms with E-state index < -0.39 is 12.3 Å². The maximum atomic E-state index is 10.9. The van der Waals surface area contributed by atoms with E-state index in [-0.39, 0.29) is 22.0 Å². The lowest BCUT2D eigenvalue weighted by molar-refractivity contribution is 0.345. The highest BCUT2D eigenvalue weighted by molar-refractivity contribution is 5.70. The Morgan fingerprint density at radius 1 is 0.725 bits per heavy atom. The SMILES string of the molecule is COc1cc2c(cc1O)C1(CC2(C)C)CC(C)(C)c2cc3c(cc21)Oc1c(c(C(N)N)c(C)c(C)c1C(N)N)O3. The van der Waals surface area contributed by atoms with Crippen LogP contribution in [0.5, 0.6) is 34.5 Å². The number of nitrogens with two attached hydrogens (primary N) is 4. The maximum absolute atomic E-state index is 10.9. The fourth-order valence-corrected chi connectivity index (χ4v) is 7.87. The van der Waals surface area contributed by atoms with Crippen LogP contribution in [0.15, 0.2) is 24.3 Å². The minimum atomic E-state index is -0.777. The third kappa shape index (κ3) is 3.46. The zero-order valence-corrected chi connectivity index (χ0v) is 24.4. The summed E-state index contributed by atoms with van der Waals surface area (Å²) >= 11 is 0. The number of methoxy groups -OCH3 is 1. The first-order valence-corrected chi connectivity index (χ1v) is 13.8. The fourth-order valence-electron chi connectivity index (χ4n) is 7.87. The van der Waals surface area contributed by atoms with Crippen molar-refractivity contribution in [1.29, 1.82) is 0 Å². The van der Waals surface area contributed by atoms with Crippen LogP contribution in [-0.4, -0.2) is 12.2 Å². The average Bonchev–Trinajstić information content (AvgIpc) is 3.20. The zero-order chi connectivity index (χ0) is 29.1. The smallest absolute Gasteiger partial charge is 0.176 e. The summed E-state index contributed by atoms with van der Waals surface area (Å²) in [5, 5.41) is 10.9. The van der Waals surface area contributed by atoms with Crippen LogP contribution in [0, 0.1) is 13.8 Å². The van der Waals surface area contributed by atoms with Gasteiger partial charge in [0.2, 0.25) is 0 Å². The molecule has 0 bridgehead atoms. The third-order valence-electron chi connectivity index (χ3n) is 9.54. The second-order valence-electron chi connectivity index (χ2n) is 13.1. The number of phenolic OH excluding ortho intramolecular Hbond substituents is 1. The molecule has 0 radical (unpaired) electrons. The lowest BCUT2D eigenvalue weighted by Crippen LogP contribution is -2.27. The Morgan fingerprint density at radius 2 is 1.15 bits per heavy atom. The van der Waals surface area contributed by atoms with Crippen LogP contribution in [0.25, 0.3) is 0 Å². The van der Waals surface area contributed by atoms with Crippen molar-refractivity contribution in [2.24, 2.45) is 22.9 Å². The second kappa shape index (κ2) is 8.36. The van der Waals surface area contributed by atoms with Gasteiger partial charge in [0.1, 0.15) is 0 Å². The van der Waals surface area contributed by atoms with Crippen LogP contribution >= 0.6 is 0 Å². The van der Waals surface area contributed by atoms with Gasteiger partial charge < -0.3 is 42.3 Å². The molecule has 1 atom stereocenters. The molecule has 0 saturated carbocycles. The van der Waals surface area contributed by atoms with Gasteiger partial charge in [-0.1, -0.05) is 27.7 Å². The van der Waals surface area contributed by atoms with Crippen molar-refractivity contribution in [3.8, 4) is 34.5 Å². The number of fused-ring (bicyclic) bond motifs is 6. The molecule has 3 aromatic rings. The molecule has 0 aromatic heterocycles. The molecule has 1 spiro atoms. The van der Waals surface area contributed by atoms with Crippen LogP contribution in [0.4, 0.5) is 0 Å². The average molecular weight is 545 g/mol. The van der Waals surface area contributed by atoms with E-state index in [1.807, 2.05) is 26.0 Å². The van der Waals surface area contributed by atoms with Crippen molar-refractivity contribution < 1.29 is 19.3 Å². The van der Waals surface area contributed by atoms with Crippen LogP contribution in [-0.2, 0) is 16.2 Å². The van der Waals surface area contributed by atoms with Crippen LogP contribution in [0.2, 0.25) is 0 Å². The summed E-state index contributed by atoms with van der Waals surface area (Å²) in [5.74, 6) is 2.76. The number of hydrogen-bond acceptors (Lipinski definition) is 8. The Morgan fingerprint density at radius 3 is 1.60 bits per heavy atom. The molecule has 1 heterocycles. The number of benzene rings is 3. The van der Waals surface area contributed by atoms with Crippen molar-refractivity contribution in [2.75, 3.05) is 7.11 Å². The number of rotatable bonds is 3. The van der Waals surface area contributed by atoms with E-state index in [1.54, 1.807) is 7.11 Å². The summed E-state index contributed by atoms with van der Waals surface area (Å²) in [7, 11) is 1.59. The van der Waals surface area contributed by atoms with Gasteiger partial charge >= 0.3 is 0 Å². The fraction of sp³-hybridized carbons (Fsp3) is 0.438. The molecule has 3 aliphatic rings. The van der Waals surface area contributed by atoms with Gasteiger partial charge in [0.25, 0.3) is 0 Å². The summed E-state index contributed by atoms with van der Waals surface area (Å²) in [6, 6.07) is 8.10. The van der Waals surface area contributed by atoms with Gasteiger partial charge in [-0.25, -0.2) is 0 Å². The molecule has 8 heteroatoms. The molecule has 0 saturated heterocycles. The van der Waals surface area contributed by atoms with E-state index in [2.05, 4.69) is 39.8 Å². The molecule has 3 aromatic carbocycles. The van der Waals surface area contributed by atoms with Gasteiger partial charge in [0, 0.05) is 16.5 Å². The molecule has 0 fully saturated rings. The maximum Gasteiger partial charge on any atom is 0.176 e. The topological polar surface area (TPSA) is 152 Å². The highest BCUT2D eigenvalue weighted by atomic mass is 16.6. The Balaban J connectivity index is 1.59. The quantitative estimate of drug-likeness (QED) is 0.215. The van der Waals surface area contributed by atoms with E-state index in [0.717, 1.165) is 29.5 Å². The Kier molecular flexibility index (Phi) is 5.62. The van der Waals surface area contributed by atoms with Crippen molar-refractivity contribution in [1.82, 2.24) is 0 Å². The molecular formula is C32H40N4O4. The number of ether oxygens (including phenoxy) is 3. The highest BCUT2D eigenvalue weighted by Crippen LogP contribution is 2.65. The molecule has 6 rings (SSSR count). The van der Waals surface area contributed by atoms with Gasteiger partial charge in [-0.2, -0.15) is 0 Å². The van der Waals surface area contributed by atoms with E-state index >= 15 is 0 Å². The van der Waals surface area contributed by atoms with Crippen molar-refractivity contribution >= 4 is 0 Å². The van der Waals surface area contributed by atoms with Crippen molar-refractivity contribution in [3.63, 3.8) is 0 Å². The predicted molar refractivity (Wildman–Crippen MR) is 155 cm³/mol. The molecule has 1 aliphatic heterocycles. The number of aromatic hydroxyl groups is 1. The first-order valence-electron chi connectivity index (χ1n) is 13.8. The van der Waals surface area contributed by atoms with E-state index in [0.29, 0.717) is 39.9 Å². The van der Waals surface area contributed by atoms with E-state index in [9.17, 15) is 5.11 Å². The van der Waals surface area contributed by atoms with Gasteiger partial charge in [0.15, 0.2) is 34.5 Å². The lowest BCUT2D eigenvalue weighted by atomic mass is 9.72. The molecule has 40 heavy (non-hydrogen) atoms. The molecule has 9 N–H and O–H groups in total. The second-order valence-corrected chi connectivity index (χ2v) is 13.1. The summed E-state index contributed by atoms with van der Waals surface area (Å²) < 4.78 is 18.7. The molecule has 0 amide bonds.